The largest absolute Gasteiger partial charge is 0.420 e. The normalized spacial score (nSPS) is 13.2. The SMILES string of the molecule is Cc1cc(NC(=O)Nc2ccc(Cl)c(C(F)(F)F)c2)cnc1Oc1cc(NC(=O)C2CC2)ncn1. The molecule has 0 spiro atoms. The lowest BCUT2D eigenvalue weighted by molar-refractivity contribution is -0.137. The Morgan fingerprint density at radius 3 is 2.46 bits per heavy atom. The Bertz CT molecular complexity index is 1280. The van der Waals surface area contributed by atoms with E-state index < -0.39 is 22.8 Å². The van der Waals surface area contributed by atoms with Crippen molar-refractivity contribution in [2.24, 2.45) is 5.92 Å². The number of benzene rings is 1. The fraction of sp³-hybridized carbons (Fsp3) is 0.227. The molecule has 2 heterocycles. The number of nitrogens with zero attached hydrogens (tertiary/aromatic N) is 3. The van der Waals surface area contributed by atoms with Crippen LogP contribution in [0.25, 0.3) is 0 Å². The molecule has 0 aliphatic heterocycles. The first-order chi connectivity index (χ1) is 16.6. The molecule has 3 amide bonds. The Balaban J connectivity index is 1.39. The van der Waals surface area contributed by atoms with Crippen molar-refractivity contribution in [3.63, 3.8) is 0 Å². The summed E-state index contributed by atoms with van der Waals surface area (Å²) in [5, 5.41) is 7.03. The maximum absolute atomic E-state index is 13.0. The van der Waals surface area contributed by atoms with Gasteiger partial charge in [0.25, 0.3) is 0 Å². The summed E-state index contributed by atoms with van der Waals surface area (Å²) in [5.41, 5.74) is -0.332. The molecule has 1 aromatic carbocycles. The molecule has 0 radical (unpaired) electrons. The van der Waals surface area contributed by atoms with E-state index >= 15 is 0 Å². The first kappa shape index (κ1) is 24.2. The van der Waals surface area contributed by atoms with Crippen molar-refractivity contribution in [2.75, 3.05) is 16.0 Å². The summed E-state index contributed by atoms with van der Waals surface area (Å²) >= 11 is 5.59. The molecular weight excluding hydrogens is 489 g/mol. The van der Waals surface area contributed by atoms with Gasteiger partial charge in [-0.1, -0.05) is 11.6 Å². The zero-order valence-electron chi connectivity index (χ0n) is 18.1. The zero-order valence-corrected chi connectivity index (χ0v) is 18.9. The number of aromatic nitrogens is 3. The number of pyridine rings is 1. The quantitative estimate of drug-likeness (QED) is 0.398. The second-order valence-electron chi connectivity index (χ2n) is 7.72. The van der Waals surface area contributed by atoms with E-state index in [-0.39, 0.29) is 35.0 Å². The molecule has 13 heteroatoms. The number of anilines is 3. The smallest absolute Gasteiger partial charge is 0.417 e. The van der Waals surface area contributed by atoms with Crippen LogP contribution in [0.2, 0.25) is 5.02 Å². The molecule has 2 aromatic heterocycles. The molecule has 1 fully saturated rings. The number of nitrogens with one attached hydrogen (secondary N) is 3. The number of amides is 3. The highest BCUT2D eigenvalue weighted by molar-refractivity contribution is 6.31. The van der Waals surface area contributed by atoms with E-state index in [4.69, 9.17) is 16.3 Å². The van der Waals surface area contributed by atoms with Crippen LogP contribution in [0.15, 0.2) is 42.9 Å². The number of halogens is 4. The number of carbonyl (C=O) groups is 2. The Kier molecular flexibility index (Phi) is 6.74. The van der Waals surface area contributed by atoms with Crippen molar-refractivity contribution in [2.45, 2.75) is 25.9 Å². The van der Waals surface area contributed by atoms with Gasteiger partial charge < -0.3 is 20.7 Å². The van der Waals surface area contributed by atoms with E-state index in [0.29, 0.717) is 11.4 Å². The van der Waals surface area contributed by atoms with E-state index in [2.05, 4.69) is 30.9 Å². The maximum Gasteiger partial charge on any atom is 0.417 e. The highest BCUT2D eigenvalue weighted by Gasteiger charge is 2.33. The maximum atomic E-state index is 13.0. The molecule has 0 unspecified atom stereocenters. The Morgan fingerprint density at radius 1 is 1.03 bits per heavy atom. The first-order valence-corrected chi connectivity index (χ1v) is 10.7. The molecule has 182 valence electrons. The number of hydrogen-bond donors (Lipinski definition) is 3. The molecule has 35 heavy (non-hydrogen) atoms. The van der Waals surface area contributed by atoms with Crippen LogP contribution in [-0.2, 0) is 11.0 Å². The molecule has 9 nitrogen and oxygen atoms in total. The molecule has 0 saturated heterocycles. The van der Waals surface area contributed by atoms with Crippen molar-refractivity contribution in [1.29, 1.82) is 0 Å². The van der Waals surface area contributed by atoms with Gasteiger partial charge in [-0.15, -0.1) is 0 Å². The molecular formula is C22H18ClF3N6O3. The second kappa shape index (κ2) is 9.74. The average Bonchev–Trinajstić information content (AvgIpc) is 3.62. The van der Waals surface area contributed by atoms with Gasteiger partial charge in [0.15, 0.2) is 0 Å². The zero-order chi connectivity index (χ0) is 25.2. The van der Waals surface area contributed by atoms with E-state index in [9.17, 15) is 22.8 Å². The minimum absolute atomic E-state index is 0.0156. The van der Waals surface area contributed by atoms with E-state index in [1.54, 1.807) is 13.0 Å². The van der Waals surface area contributed by atoms with E-state index in [1.165, 1.54) is 24.7 Å². The Morgan fingerprint density at radius 2 is 1.77 bits per heavy atom. The summed E-state index contributed by atoms with van der Waals surface area (Å²) in [6.07, 6.45) is -0.391. The Labute approximate surface area is 202 Å². The van der Waals surface area contributed by atoms with Gasteiger partial charge >= 0.3 is 12.2 Å². The highest BCUT2D eigenvalue weighted by Crippen LogP contribution is 2.36. The number of aryl methyl sites for hydroxylation is 1. The summed E-state index contributed by atoms with van der Waals surface area (Å²) in [5.74, 6) is 0.563. The van der Waals surface area contributed by atoms with Gasteiger partial charge in [0.05, 0.1) is 22.5 Å². The lowest BCUT2D eigenvalue weighted by Gasteiger charge is -2.13. The van der Waals surface area contributed by atoms with Crippen LogP contribution >= 0.6 is 11.6 Å². The number of carbonyl (C=O) groups excluding carboxylic acids is 2. The summed E-state index contributed by atoms with van der Waals surface area (Å²) in [7, 11) is 0. The topological polar surface area (TPSA) is 118 Å². The van der Waals surface area contributed by atoms with Crippen molar-refractivity contribution < 1.29 is 27.5 Å². The molecule has 4 rings (SSSR count). The lowest BCUT2D eigenvalue weighted by Crippen LogP contribution is -2.20. The highest BCUT2D eigenvalue weighted by atomic mass is 35.5. The molecule has 3 aromatic rings. The predicted octanol–water partition coefficient (Wildman–Crippen LogP) is 5.64. The second-order valence-corrected chi connectivity index (χ2v) is 8.13. The fourth-order valence-corrected chi connectivity index (χ4v) is 3.21. The van der Waals surface area contributed by atoms with Crippen LogP contribution in [0.1, 0.15) is 24.0 Å². The molecule has 3 N–H and O–H groups in total. The Hall–Kier alpha value is -3.93. The minimum atomic E-state index is -4.66. The molecule has 1 aliphatic carbocycles. The number of hydrogen-bond acceptors (Lipinski definition) is 6. The van der Waals surface area contributed by atoms with Crippen molar-refractivity contribution in [3.8, 4) is 11.8 Å². The van der Waals surface area contributed by atoms with Crippen LogP contribution in [0.4, 0.5) is 35.2 Å². The van der Waals surface area contributed by atoms with Gasteiger partial charge in [-0.3, -0.25) is 4.79 Å². The van der Waals surface area contributed by atoms with E-state index in [1.807, 2.05) is 0 Å². The van der Waals surface area contributed by atoms with Gasteiger partial charge in [-0.05, 0) is 44.0 Å². The summed E-state index contributed by atoms with van der Waals surface area (Å²) in [6, 6.07) is 5.28. The molecule has 1 saturated carbocycles. The predicted molar refractivity (Wildman–Crippen MR) is 122 cm³/mol. The lowest BCUT2D eigenvalue weighted by atomic mass is 10.2. The monoisotopic (exact) mass is 506 g/mol. The van der Waals surface area contributed by atoms with Crippen LogP contribution < -0.4 is 20.7 Å². The minimum Gasteiger partial charge on any atom is -0.420 e. The average molecular weight is 507 g/mol. The third-order valence-electron chi connectivity index (χ3n) is 4.86. The van der Waals surface area contributed by atoms with Gasteiger partial charge in [0.2, 0.25) is 17.7 Å². The van der Waals surface area contributed by atoms with Gasteiger partial charge in [-0.2, -0.15) is 13.2 Å². The van der Waals surface area contributed by atoms with Crippen LogP contribution in [0.5, 0.6) is 11.8 Å². The van der Waals surface area contributed by atoms with Gasteiger partial charge in [0, 0.05) is 23.2 Å². The van der Waals surface area contributed by atoms with Crippen LogP contribution in [0, 0.1) is 12.8 Å². The van der Waals surface area contributed by atoms with Crippen LogP contribution in [-0.4, -0.2) is 26.9 Å². The van der Waals surface area contributed by atoms with Gasteiger partial charge in [-0.25, -0.2) is 19.7 Å². The van der Waals surface area contributed by atoms with E-state index in [0.717, 1.165) is 25.0 Å². The molecule has 1 aliphatic rings. The number of rotatable bonds is 6. The summed E-state index contributed by atoms with van der Waals surface area (Å²) in [6.45, 7) is 1.68. The number of urea groups is 1. The van der Waals surface area contributed by atoms with Crippen molar-refractivity contribution in [1.82, 2.24) is 15.0 Å². The third-order valence-corrected chi connectivity index (χ3v) is 5.19. The molecule has 0 atom stereocenters. The third kappa shape index (κ3) is 6.35. The summed E-state index contributed by atoms with van der Waals surface area (Å²) in [4.78, 5) is 36.3. The van der Waals surface area contributed by atoms with Crippen molar-refractivity contribution in [3.05, 3.63) is 59.0 Å². The number of ether oxygens (including phenoxy) is 1. The number of alkyl halides is 3. The van der Waals surface area contributed by atoms with Crippen LogP contribution in [0.3, 0.4) is 0 Å². The van der Waals surface area contributed by atoms with Gasteiger partial charge in [0.1, 0.15) is 12.1 Å². The fourth-order valence-electron chi connectivity index (χ4n) is 2.99. The summed E-state index contributed by atoms with van der Waals surface area (Å²) < 4.78 is 44.7. The molecule has 0 bridgehead atoms. The standard InChI is InChI=1S/C22H18ClF3N6O3/c1-11-6-14(31-21(34)30-13-4-5-16(23)15(7-13)22(24,25)26)9-27-20(11)35-18-8-17(28-10-29-18)32-19(33)12-2-3-12/h4-10,12H,2-3H2,1H3,(H2,30,31,34)(H,28,29,32,33). The van der Waals surface area contributed by atoms with Crippen molar-refractivity contribution >= 4 is 40.7 Å². The first-order valence-electron chi connectivity index (χ1n) is 10.3.